The Balaban J connectivity index is 2.12. The van der Waals surface area contributed by atoms with Gasteiger partial charge in [0.15, 0.2) is 4.80 Å². The summed E-state index contributed by atoms with van der Waals surface area (Å²) in [7, 11) is 1.34. The van der Waals surface area contributed by atoms with E-state index < -0.39 is 11.9 Å². The van der Waals surface area contributed by atoms with Crippen molar-refractivity contribution in [2.24, 2.45) is 4.99 Å². The predicted molar refractivity (Wildman–Crippen MR) is 103 cm³/mol. The van der Waals surface area contributed by atoms with Crippen LogP contribution in [0.15, 0.2) is 41.4 Å². The molecule has 0 spiro atoms. The molecule has 8 heteroatoms. The summed E-state index contributed by atoms with van der Waals surface area (Å²) in [6.45, 7) is 2.58. The second kappa shape index (κ2) is 7.61. The van der Waals surface area contributed by atoms with E-state index >= 15 is 0 Å². The lowest BCUT2D eigenvalue weighted by molar-refractivity contribution is 0.0601. The summed E-state index contributed by atoms with van der Waals surface area (Å²) in [5.74, 6) is -0.845. The summed E-state index contributed by atoms with van der Waals surface area (Å²) in [5.41, 5.74) is 1.66. The van der Waals surface area contributed by atoms with Crippen LogP contribution in [0.1, 0.15) is 27.6 Å². The molecule has 2 aromatic carbocycles. The van der Waals surface area contributed by atoms with Crippen molar-refractivity contribution in [3.8, 4) is 0 Å². The number of hydrogen-bond acceptors (Lipinski definition) is 4. The van der Waals surface area contributed by atoms with Crippen LogP contribution in [0.4, 0.5) is 0 Å². The van der Waals surface area contributed by atoms with Gasteiger partial charge in [-0.05, 0) is 43.3 Å². The molecule has 0 unspecified atom stereocenters. The van der Waals surface area contributed by atoms with Gasteiger partial charge in [0.25, 0.3) is 5.91 Å². The van der Waals surface area contributed by atoms with Gasteiger partial charge in [0.05, 0.1) is 22.9 Å². The largest absolute Gasteiger partial charge is 0.465 e. The quantitative estimate of drug-likeness (QED) is 0.596. The van der Waals surface area contributed by atoms with E-state index in [0.29, 0.717) is 32.5 Å². The first-order valence-electron chi connectivity index (χ1n) is 7.69. The number of aryl methyl sites for hydroxylation is 1. The smallest absolute Gasteiger partial charge is 0.337 e. The predicted octanol–water partition coefficient (Wildman–Crippen LogP) is 4.56. The summed E-state index contributed by atoms with van der Waals surface area (Å²) in [6.07, 6.45) is 0. The van der Waals surface area contributed by atoms with E-state index in [9.17, 15) is 9.59 Å². The second-order valence-electron chi connectivity index (χ2n) is 5.38. The molecule has 5 nitrogen and oxygen atoms in total. The Hall–Kier alpha value is -2.15. The summed E-state index contributed by atoms with van der Waals surface area (Å²) < 4.78 is 7.50. The van der Waals surface area contributed by atoms with Crippen molar-refractivity contribution in [1.29, 1.82) is 0 Å². The molecule has 26 heavy (non-hydrogen) atoms. The SMILES string of the molecule is CCn1c(=NC(=O)c2cc(Cl)cc(Cl)c2)sc2cc(C(=O)OC)ccc21. The number of carbonyl (C=O) groups is 2. The normalized spacial score (nSPS) is 11.8. The van der Waals surface area contributed by atoms with Crippen LogP contribution in [0.3, 0.4) is 0 Å². The van der Waals surface area contributed by atoms with Gasteiger partial charge in [0, 0.05) is 22.2 Å². The minimum Gasteiger partial charge on any atom is -0.465 e. The average Bonchev–Trinajstić information content (AvgIpc) is 2.96. The third kappa shape index (κ3) is 3.67. The maximum absolute atomic E-state index is 12.5. The van der Waals surface area contributed by atoms with Gasteiger partial charge in [0.1, 0.15) is 0 Å². The summed E-state index contributed by atoms with van der Waals surface area (Å²) >= 11 is 13.2. The topological polar surface area (TPSA) is 60.7 Å². The highest BCUT2D eigenvalue weighted by Crippen LogP contribution is 2.21. The number of nitrogens with zero attached hydrogens (tertiary/aromatic N) is 2. The minimum absolute atomic E-state index is 0.317. The van der Waals surface area contributed by atoms with E-state index in [4.69, 9.17) is 27.9 Å². The van der Waals surface area contributed by atoms with Gasteiger partial charge in [-0.1, -0.05) is 34.5 Å². The molecule has 0 saturated carbocycles. The lowest BCUT2D eigenvalue weighted by Crippen LogP contribution is -2.15. The highest BCUT2D eigenvalue weighted by Gasteiger charge is 2.12. The number of aromatic nitrogens is 1. The van der Waals surface area contributed by atoms with Crippen molar-refractivity contribution in [3.05, 3.63) is 62.4 Å². The van der Waals surface area contributed by atoms with E-state index in [2.05, 4.69) is 4.99 Å². The minimum atomic E-state index is -0.434. The molecule has 0 N–H and O–H groups in total. The first kappa shape index (κ1) is 18.6. The molecule has 3 aromatic rings. The highest BCUT2D eigenvalue weighted by molar-refractivity contribution is 7.16. The van der Waals surface area contributed by atoms with Crippen molar-refractivity contribution in [2.75, 3.05) is 7.11 Å². The first-order chi connectivity index (χ1) is 12.4. The zero-order valence-electron chi connectivity index (χ0n) is 14.0. The van der Waals surface area contributed by atoms with Crippen molar-refractivity contribution in [3.63, 3.8) is 0 Å². The third-order valence-corrected chi connectivity index (χ3v) is 5.20. The molecular formula is C18H14Cl2N2O3S. The van der Waals surface area contributed by atoms with Crippen LogP contribution in [-0.2, 0) is 11.3 Å². The molecule has 0 bridgehead atoms. The number of methoxy groups -OCH3 is 1. The van der Waals surface area contributed by atoms with Crippen LogP contribution in [0.25, 0.3) is 10.2 Å². The standard InChI is InChI=1S/C18H14Cl2N2O3S/c1-3-22-14-5-4-10(17(24)25-2)8-15(14)26-18(22)21-16(23)11-6-12(19)9-13(20)7-11/h4-9H,3H2,1-2H3. The average molecular weight is 409 g/mol. The summed E-state index contributed by atoms with van der Waals surface area (Å²) in [5, 5.41) is 0.747. The highest BCUT2D eigenvalue weighted by atomic mass is 35.5. The van der Waals surface area contributed by atoms with Gasteiger partial charge in [-0.15, -0.1) is 0 Å². The Kier molecular flexibility index (Phi) is 5.46. The van der Waals surface area contributed by atoms with Gasteiger partial charge in [0.2, 0.25) is 0 Å². The number of ether oxygens (including phenoxy) is 1. The number of fused-ring (bicyclic) bond motifs is 1. The Morgan fingerprint density at radius 1 is 1.12 bits per heavy atom. The van der Waals surface area contributed by atoms with Crippen LogP contribution in [0, 0.1) is 0 Å². The Labute approximate surface area is 163 Å². The van der Waals surface area contributed by atoms with Gasteiger partial charge in [-0.2, -0.15) is 4.99 Å². The Morgan fingerprint density at radius 3 is 2.42 bits per heavy atom. The van der Waals surface area contributed by atoms with E-state index in [1.54, 1.807) is 18.2 Å². The molecule has 1 heterocycles. The van der Waals surface area contributed by atoms with Gasteiger partial charge >= 0.3 is 5.97 Å². The van der Waals surface area contributed by atoms with Crippen molar-refractivity contribution in [2.45, 2.75) is 13.5 Å². The zero-order valence-corrected chi connectivity index (χ0v) is 16.3. The monoisotopic (exact) mass is 408 g/mol. The molecule has 134 valence electrons. The summed E-state index contributed by atoms with van der Waals surface area (Å²) in [6, 6.07) is 9.85. The van der Waals surface area contributed by atoms with Gasteiger partial charge in [-0.3, -0.25) is 4.79 Å². The van der Waals surface area contributed by atoms with Crippen LogP contribution >= 0.6 is 34.5 Å². The van der Waals surface area contributed by atoms with Gasteiger partial charge < -0.3 is 9.30 Å². The zero-order chi connectivity index (χ0) is 18.8. The number of benzene rings is 2. The van der Waals surface area contributed by atoms with E-state index in [1.165, 1.54) is 30.6 Å². The molecule has 0 aliphatic carbocycles. The van der Waals surface area contributed by atoms with Gasteiger partial charge in [-0.25, -0.2) is 4.79 Å². The van der Waals surface area contributed by atoms with E-state index in [0.717, 1.165) is 10.2 Å². The van der Waals surface area contributed by atoms with Crippen LogP contribution < -0.4 is 4.80 Å². The number of hydrogen-bond donors (Lipinski definition) is 0. The number of rotatable bonds is 3. The third-order valence-electron chi connectivity index (χ3n) is 3.73. The molecular weight excluding hydrogens is 395 g/mol. The maximum Gasteiger partial charge on any atom is 0.337 e. The molecule has 0 saturated heterocycles. The van der Waals surface area contributed by atoms with E-state index in [-0.39, 0.29) is 0 Å². The van der Waals surface area contributed by atoms with E-state index in [1.807, 2.05) is 17.6 Å². The van der Waals surface area contributed by atoms with Crippen LogP contribution in [-0.4, -0.2) is 23.6 Å². The number of amides is 1. The lowest BCUT2D eigenvalue weighted by Gasteiger charge is -2.02. The maximum atomic E-state index is 12.5. The fourth-order valence-electron chi connectivity index (χ4n) is 2.54. The Bertz CT molecular complexity index is 1070. The fourth-order valence-corrected chi connectivity index (χ4v) is 4.20. The lowest BCUT2D eigenvalue weighted by atomic mass is 10.2. The number of esters is 1. The molecule has 3 rings (SSSR count). The van der Waals surface area contributed by atoms with Crippen molar-refractivity contribution in [1.82, 2.24) is 4.57 Å². The molecule has 0 aliphatic heterocycles. The number of halogens is 2. The molecule has 1 amide bonds. The molecule has 0 radical (unpaired) electrons. The summed E-state index contributed by atoms with van der Waals surface area (Å²) in [4.78, 5) is 29.0. The Morgan fingerprint density at radius 2 is 1.81 bits per heavy atom. The molecule has 1 aromatic heterocycles. The molecule has 0 atom stereocenters. The first-order valence-corrected chi connectivity index (χ1v) is 9.27. The van der Waals surface area contributed by atoms with Crippen molar-refractivity contribution >= 4 is 56.6 Å². The number of thiazole rings is 1. The molecule has 0 fully saturated rings. The van der Waals surface area contributed by atoms with Crippen molar-refractivity contribution < 1.29 is 14.3 Å². The van der Waals surface area contributed by atoms with Crippen LogP contribution in [0.2, 0.25) is 10.0 Å². The second-order valence-corrected chi connectivity index (χ2v) is 7.26. The van der Waals surface area contributed by atoms with Crippen LogP contribution in [0.5, 0.6) is 0 Å². The fraction of sp³-hybridized carbons (Fsp3) is 0.167. The number of carbonyl (C=O) groups excluding carboxylic acids is 2. The molecule has 0 aliphatic rings.